The molecule has 2 nitrogen and oxygen atoms in total. The first-order valence-corrected chi connectivity index (χ1v) is 7.16. The monoisotopic (exact) mass is 236 g/mol. The Balaban J connectivity index is 2.01. The van der Waals surface area contributed by atoms with Crippen LogP contribution in [0.15, 0.2) is 18.3 Å². The Hall–Kier alpha value is -0.700. The van der Waals surface area contributed by atoms with Crippen LogP contribution < -0.4 is 5.32 Å². The zero-order valence-corrected chi connectivity index (χ0v) is 10.9. The molecule has 1 aliphatic carbocycles. The third-order valence-electron chi connectivity index (χ3n) is 3.16. The molecule has 1 fully saturated rings. The van der Waals surface area contributed by atoms with Gasteiger partial charge >= 0.3 is 0 Å². The highest BCUT2D eigenvalue weighted by Gasteiger charge is 2.27. The standard InChI is InChI=1S/C13H20N2S/c1-3-16-12-8-4-7-11(12)15-13-10(2)6-5-9-14-13/h5-6,9,11-12H,3-4,7-8H2,1-2H3,(H,14,15). The summed E-state index contributed by atoms with van der Waals surface area (Å²) in [6.45, 7) is 4.36. The molecule has 2 rings (SSSR count). The fraction of sp³-hybridized carbons (Fsp3) is 0.615. The van der Waals surface area contributed by atoms with E-state index in [2.05, 4.69) is 42.0 Å². The lowest BCUT2D eigenvalue weighted by molar-refractivity contribution is 0.761. The minimum atomic E-state index is 0.610. The van der Waals surface area contributed by atoms with E-state index in [1.54, 1.807) is 0 Å². The molecule has 0 aromatic carbocycles. The van der Waals surface area contributed by atoms with Gasteiger partial charge in [0.1, 0.15) is 5.82 Å². The first kappa shape index (κ1) is 11.8. The van der Waals surface area contributed by atoms with E-state index < -0.39 is 0 Å². The molecule has 0 saturated heterocycles. The van der Waals surface area contributed by atoms with Crippen molar-refractivity contribution in [2.24, 2.45) is 0 Å². The normalized spacial score (nSPS) is 24.6. The van der Waals surface area contributed by atoms with Gasteiger partial charge in [-0.2, -0.15) is 11.8 Å². The predicted molar refractivity (Wildman–Crippen MR) is 72.2 cm³/mol. The topological polar surface area (TPSA) is 24.9 Å². The van der Waals surface area contributed by atoms with E-state index >= 15 is 0 Å². The van der Waals surface area contributed by atoms with E-state index in [4.69, 9.17) is 0 Å². The van der Waals surface area contributed by atoms with Gasteiger partial charge in [-0.15, -0.1) is 0 Å². The van der Waals surface area contributed by atoms with Crippen LogP contribution in [0, 0.1) is 6.92 Å². The molecule has 88 valence electrons. The quantitative estimate of drug-likeness (QED) is 0.866. The van der Waals surface area contributed by atoms with Crippen molar-refractivity contribution in [3.63, 3.8) is 0 Å². The first-order valence-electron chi connectivity index (χ1n) is 6.11. The number of anilines is 1. The van der Waals surface area contributed by atoms with Crippen LogP contribution in [0.4, 0.5) is 5.82 Å². The van der Waals surface area contributed by atoms with Gasteiger partial charge in [-0.3, -0.25) is 0 Å². The van der Waals surface area contributed by atoms with Gasteiger partial charge in [0, 0.05) is 17.5 Å². The second-order valence-electron chi connectivity index (χ2n) is 4.34. The summed E-state index contributed by atoms with van der Waals surface area (Å²) < 4.78 is 0. The van der Waals surface area contributed by atoms with Crippen LogP contribution >= 0.6 is 11.8 Å². The lowest BCUT2D eigenvalue weighted by atomic mass is 10.2. The molecule has 0 radical (unpaired) electrons. The molecule has 2 unspecified atom stereocenters. The Bertz CT molecular complexity index is 340. The third-order valence-corrected chi connectivity index (χ3v) is 4.49. The predicted octanol–water partition coefficient (Wildman–Crippen LogP) is 3.48. The highest BCUT2D eigenvalue weighted by molar-refractivity contribution is 7.99. The van der Waals surface area contributed by atoms with E-state index in [0.717, 1.165) is 11.1 Å². The van der Waals surface area contributed by atoms with Gasteiger partial charge in [0.25, 0.3) is 0 Å². The van der Waals surface area contributed by atoms with Crippen LogP contribution in [0.25, 0.3) is 0 Å². The van der Waals surface area contributed by atoms with Crippen LogP contribution in [0.2, 0.25) is 0 Å². The lowest BCUT2D eigenvalue weighted by Gasteiger charge is -2.21. The number of nitrogens with zero attached hydrogens (tertiary/aromatic N) is 1. The molecule has 0 amide bonds. The van der Waals surface area contributed by atoms with Crippen LogP contribution in [0.5, 0.6) is 0 Å². The van der Waals surface area contributed by atoms with Crippen molar-refractivity contribution >= 4 is 17.6 Å². The van der Waals surface area contributed by atoms with Crippen molar-refractivity contribution in [2.45, 2.75) is 44.4 Å². The highest BCUT2D eigenvalue weighted by Crippen LogP contribution is 2.32. The van der Waals surface area contributed by atoms with E-state index in [0.29, 0.717) is 6.04 Å². The molecule has 0 bridgehead atoms. The van der Waals surface area contributed by atoms with E-state index in [1.807, 2.05) is 12.3 Å². The Labute approximate surface area is 102 Å². The molecule has 1 N–H and O–H groups in total. The summed E-state index contributed by atoms with van der Waals surface area (Å²) in [5, 5.41) is 4.38. The van der Waals surface area contributed by atoms with Crippen molar-refractivity contribution in [3.8, 4) is 0 Å². The van der Waals surface area contributed by atoms with Crippen molar-refractivity contribution in [1.82, 2.24) is 4.98 Å². The number of pyridine rings is 1. The molecule has 1 aliphatic rings. The fourth-order valence-electron chi connectivity index (χ4n) is 2.32. The first-order chi connectivity index (χ1) is 7.81. The van der Waals surface area contributed by atoms with Gasteiger partial charge in [-0.25, -0.2) is 4.98 Å². The second-order valence-corrected chi connectivity index (χ2v) is 5.86. The third kappa shape index (κ3) is 2.70. The molecular formula is C13H20N2S. The number of hydrogen-bond acceptors (Lipinski definition) is 3. The molecule has 2 atom stereocenters. The maximum absolute atomic E-state index is 4.42. The minimum Gasteiger partial charge on any atom is -0.366 e. The Morgan fingerprint density at radius 1 is 1.50 bits per heavy atom. The number of aryl methyl sites for hydroxylation is 1. The molecule has 0 aliphatic heterocycles. The maximum Gasteiger partial charge on any atom is 0.129 e. The van der Waals surface area contributed by atoms with E-state index in [9.17, 15) is 0 Å². The van der Waals surface area contributed by atoms with Crippen LogP contribution in [-0.2, 0) is 0 Å². The molecule has 1 saturated carbocycles. The molecule has 3 heteroatoms. The second kappa shape index (κ2) is 5.58. The number of nitrogens with one attached hydrogen (secondary N) is 1. The average Bonchev–Trinajstić information content (AvgIpc) is 2.70. The zero-order chi connectivity index (χ0) is 11.4. The van der Waals surface area contributed by atoms with Crippen molar-refractivity contribution in [1.29, 1.82) is 0 Å². The number of aromatic nitrogens is 1. The number of rotatable bonds is 4. The summed E-state index contributed by atoms with van der Waals surface area (Å²) in [5.74, 6) is 2.28. The summed E-state index contributed by atoms with van der Waals surface area (Å²) in [4.78, 5) is 4.42. The van der Waals surface area contributed by atoms with Crippen molar-refractivity contribution in [3.05, 3.63) is 23.9 Å². The van der Waals surface area contributed by atoms with Crippen molar-refractivity contribution < 1.29 is 0 Å². The smallest absolute Gasteiger partial charge is 0.129 e. The Morgan fingerprint density at radius 3 is 3.12 bits per heavy atom. The number of thioether (sulfide) groups is 1. The Kier molecular flexibility index (Phi) is 4.10. The molecule has 0 spiro atoms. The van der Waals surface area contributed by atoms with E-state index in [1.165, 1.54) is 30.6 Å². The van der Waals surface area contributed by atoms with Gasteiger partial charge < -0.3 is 5.32 Å². The minimum absolute atomic E-state index is 0.610. The SMILES string of the molecule is CCSC1CCCC1Nc1ncccc1C. The number of hydrogen-bond donors (Lipinski definition) is 1. The van der Waals surface area contributed by atoms with Gasteiger partial charge in [-0.05, 0) is 37.1 Å². The highest BCUT2D eigenvalue weighted by atomic mass is 32.2. The van der Waals surface area contributed by atoms with Gasteiger partial charge in [-0.1, -0.05) is 19.4 Å². The van der Waals surface area contributed by atoms with Gasteiger partial charge in [0.2, 0.25) is 0 Å². The lowest BCUT2D eigenvalue weighted by Crippen LogP contribution is -2.27. The summed E-state index contributed by atoms with van der Waals surface area (Å²) in [5.41, 5.74) is 1.25. The molecule has 1 aromatic rings. The maximum atomic E-state index is 4.42. The summed E-state index contributed by atoms with van der Waals surface area (Å²) in [7, 11) is 0. The average molecular weight is 236 g/mol. The fourth-order valence-corrected chi connectivity index (χ4v) is 3.52. The van der Waals surface area contributed by atoms with Crippen LogP contribution in [0.1, 0.15) is 31.7 Å². The summed E-state index contributed by atoms with van der Waals surface area (Å²) >= 11 is 2.08. The molecule has 16 heavy (non-hydrogen) atoms. The molecule has 1 heterocycles. The van der Waals surface area contributed by atoms with Gasteiger partial charge in [0.15, 0.2) is 0 Å². The molecular weight excluding hydrogens is 216 g/mol. The van der Waals surface area contributed by atoms with E-state index in [-0.39, 0.29) is 0 Å². The van der Waals surface area contributed by atoms with Crippen LogP contribution in [-0.4, -0.2) is 22.0 Å². The Morgan fingerprint density at radius 2 is 2.38 bits per heavy atom. The summed E-state index contributed by atoms with van der Waals surface area (Å²) in [6.07, 6.45) is 5.85. The van der Waals surface area contributed by atoms with Crippen molar-refractivity contribution in [2.75, 3.05) is 11.1 Å². The van der Waals surface area contributed by atoms with Gasteiger partial charge in [0.05, 0.1) is 0 Å². The molecule has 1 aromatic heterocycles. The summed E-state index contributed by atoms with van der Waals surface area (Å²) in [6, 6.07) is 4.72. The van der Waals surface area contributed by atoms with Crippen LogP contribution in [0.3, 0.4) is 0 Å². The zero-order valence-electron chi connectivity index (χ0n) is 10.1. The largest absolute Gasteiger partial charge is 0.366 e.